The van der Waals surface area contributed by atoms with Gasteiger partial charge in [-0.05, 0) is 0 Å². The average Bonchev–Trinajstić information content (AvgIpc) is 2.67. The van der Waals surface area contributed by atoms with E-state index in [1.807, 2.05) is 60.7 Å². The fraction of sp³-hybridized carbons (Fsp3) is 0.167. The van der Waals surface area contributed by atoms with Crippen LogP contribution in [0, 0.1) is 0 Å². The van der Waals surface area contributed by atoms with Crippen molar-refractivity contribution in [2.75, 3.05) is 19.8 Å². The first-order valence-corrected chi connectivity index (χ1v) is 11.5. The quantitative estimate of drug-likeness (QED) is 0.335. The average molecular weight is 530 g/mol. The molecule has 0 aliphatic rings. The summed E-state index contributed by atoms with van der Waals surface area (Å²) in [7, 11) is -0.704. The third kappa shape index (κ3) is 6.67. The molecular weight excluding hydrogens is 510 g/mol. The molecule has 2 aromatic carbocycles. The number of amides is 1. The molecule has 0 aromatic heterocycles. The second-order valence-corrected chi connectivity index (χ2v) is 9.17. The number of carbonyl (C=O) groups excluding carboxylic acids is 1. The van der Waals surface area contributed by atoms with Crippen LogP contribution in [0.4, 0.5) is 0 Å². The normalized spacial score (nSPS) is 10.8. The molecule has 2 aromatic rings. The SMILES string of the molecule is CN(NC(=O)CS(=O)(=O)NN(C)C(=[Se])c1ccccc1)C(=[Se])c1ccccc1. The van der Waals surface area contributed by atoms with Crippen LogP contribution < -0.4 is 10.3 Å². The minimum atomic E-state index is -3.89. The molecule has 0 saturated carbocycles. The molecule has 0 spiro atoms. The van der Waals surface area contributed by atoms with Crippen molar-refractivity contribution in [2.24, 2.45) is 0 Å². The van der Waals surface area contributed by atoms with Crippen molar-refractivity contribution >= 4 is 56.2 Å². The molecule has 0 unspecified atom stereocenters. The molecule has 28 heavy (non-hydrogen) atoms. The summed E-state index contributed by atoms with van der Waals surface area (Å²) >= 11 is 5.71. The van der Waals surface area contributed by atoms with Gasteiger partial charge in [-0.1, -0.05) is 0 Å². The van der Waals surface area contributed by atoms with Crippen LogP contribution in [0.1, 0.15) is 11.1 Å². The first kappa shape index (κ1) is 22.5. The van der Waals surface area contributed by atoms with Gasteiger partial charge in [-0.3, -0.25) is 0 Å². The summed E-state index contributed by atoms with van der Waals surface area (Å²) in [6.07, 6.45) is 0. The molecule has 10 heteroatoms. The van der Waals surface area contributed by atoms with E-state index in [9.17, 15) is 13.2 Å². The van der Waals surface area contributed by atoms with Crippen molar-refractivity contribution in [3.05, 3.63) is 71.8 Å². The Morgan fingerprint density at radius 3 is 1.75 bits per heavy atom. The summed E-state index contributed by atoms with van der Waals surface area (Å²) in [5, 5.41) is 2.78. The molecule has 2 N–H and O–H groups in total. The molecule has 0 radical (unpaired) electrons. The topological polar surface area (TPSA) is 81.8 Å². The Morgan fingerprint density at radius 2 is 1.29 bits per heavy atom. The van der Waals surface area contributed by atoms with Gasteiger partial charge in [0.1, 0.15) is 0 Å². The van der Waals surface area contributed by atoms with Crippen LogP contribution in [-0.4, -0.2) is 84.4 Å². The third-order valence-electron chi connectivity index (χ3n) is 3.54. The van der Waals surface area contributed by atoms with Crippen LogP contribution >= 0.6 is 0 Å². The number of benzene rings is 2. The second-order valence-electron chi connectivity index (χ2n) is 5.85. The zero-order valence-corrected chi connectivity index (χ0v) is 19.6. The van der Waals surface area contributed by atoms with Gasteiger partial charge in [0.2, 0.25) is 0 Å². The summed E-state index contributed by atoms with van der Waals surface area (Å²) in [5.41, 5.74) is 4.23. The zero-order chi connectivity index (χ0) is 20.7. The molecule has 1 amide bonds. The molecule has 148 valence electrons. The third-order valence-corrected chi connectivity index (χ3v) is 6.87. The summed E-state index contributed by atoms with van der Waals surface area (Å²) in [6.45, 7) is 0. The van der Waals surface area contributed by atoms with Crippen LogP contribution in [0.2, 0.25) is 0 Å². The molecular formula is C18H20N4O3SSe2. The Labute approximate surface area is 180 Å². The van der Waals surface area contributed by atoms with Gasteiger partial charge in [0.15, 0.2) is 0 Å². The predicted molar refractivity (Wildman–Crippen MR) is 113 cm³/mol. The first-order valence-electron chi connectivity index (χ1n) is 8.15. The Kier molecular flexibility index (Phi) is 8.12. The van der Waals surface area contributed by atoms with E-state index >= 15 is 0 Å². The van der Waals surface area contributed by atoms with Gasteiger partial charge in [0, 0.05) is 0 Å². The molecule has 0 aliphatic carbocycles. The number of nitrogens with one attached hydrogen (secondary N) is 2. The fourth-order valence-electron chi connectivity index (χ4n) is 2.27. The molecule has 0 heterocycles. The number of hydrazine groups is 2. The second kappa shape index (κ2) is 10.1. The van der Waals surface area contributed by atoms with Crippen molar-refractivity contribution in [3.63, 3.8) is 0 Å². The number of hydrogen-bond acceptors (Lipinski definition) is 5. The molecule has 0 atom stereocenters. The van der Waals surface area contributed by atoms with E-state index < -0.39 is 21.7 Å². The Morgan fingerprint density at radius 1 is 0.857 bits per heavy atom. The molecule has 2 rings (SSSR count). The summed E-state index contributed by atoms with van der Waals surface area (Å²) < 4.78 is 25.9. The number of sulfonamides is 1. The number of nitrogens with zero attached hydrogens (tertiary/aromatic N) is 2. The first-order chi connectivity index (χ1) is 13.2. The molecule has 0 bridgehead atoms. The van der Waals surface area contributed by atoms with E-state index in [4.69, 9.17) is 0 Å². The monoisotopic (exact) mass is 532 g/mol. The van der Waals surface area contributed by atoms with E-state index in [1.54, 1.807) is 14.1 Å². The fourth-order valence-corrected chi connectivity index (χ4v) is 4.15. The molecule has 0 saturated heterocycles. The van der Waals surface area contributed by atoms with E-state index in [-0.39, 0.29) is 0 Å². The number of hydrogen-bond donors (Lipinski definition) is 2. The summed E-state index contributed by atoms with van der Waals surface area (Å²) in [4.78, 5) is 14.6. The van der Waals surface area contributed by atoms with Crippen molar-refractivity contribution in [3.8, 4) is 0 Å². The number of rotatable bonds is 9. The van der Waals surface area contributed by atoms with Gasteiger partial charge >= 0.3 is 181 Å². The molecule has 7 nitrogen and oxygen atoms in total. The Hall–Kier alpha value is -1.80. The van der Waals surface area contributed by atoms with Crippen LogP contribution in [0.15, 0.2) is 60.7 Å². The van der Waals surface area contributed by atoms with Gasteiger partial charge in [-0.2, -0.15) is 0 Å². The van der Waals surface area contributed by atoms with Crippen molar-refractivity contribution in [2.45, 2.75) is 0 Å². The van der Waals surface area contributed by atoms with E-state index in [0.717, 1.165) is 11.1 Å². The van der Waals surface area contributed by atoms with Crippen LogP contribution in [0.3, 0.4) is 0 Å². The van der Waals surface area contributed by atoms with Gasteiger partial charge in [-0.15, -0.1) is 0 Å². The van der Waals surface area contributed by atoms with Crippen molar-refractivity contribution in [1.82, 2.24) is 20.3 Å². The van der Waals surface area contributed by atoms with Crippen molar-refractivity contribution < 1.29 is 13.2 Å². The van der Waals surface area contributed by atoms with Gasteiger partial charge in [-0.25, -0.2) is 0 Å². The van der Waals surface area contributed by atoms with E-state index in [0.29, 0.717) is 9.08 Å². The van der Waals surface area contributed by atoms with Gasteiger partial charge in [0.05, 0.1) is 0 Å². The maximum atomic E-state index is 12.3. The van der Waals surface area contributed by atoms with Crippen molar-refractivity contribution in [1.29, 1.82) is 0 Å². The van der Waals surface area contributed by atoms with Gasteiger partial charge < -0.3 is 0 Å². The van der Waals surface area contributed by atoms with Crippen LogP contribution in [-0.2, 0) is 14.8 Å². The Balaban J connectivity index is 1.93. The minimum absolute atomic E-state index is 0.588. The number of carbonyl (C=O) groups is 1. The van der Waals surface area contributed by atoms with E-state index in [2.05, 4.69) is 41.4 Å². The van der Waals surface area contributed by atoms with Crippen LogP contribution in [0.5, 0.6) is 0 Å². The zero-order valence-electron chi connectivity index (χ0n) is 15.3. The maximum absolute atomic E-state index is 12.3. The summed E-state index contributed by atoms with van der Waals surface area (Å²) in [5.74, 6) is -1.38. The predicted octanol–water partition coefficient (Wildman–Crippen LogP) is -0.591. The molecule has 0 fully saturated rings. The van der Waals surface area contributed by atoms with E-state index in [1.165, 1.54) is 10.0 Å². The summed E-state index contributed by atoms with van der Waals surface area (Å²) in [6, 6.07) is 18.6. The standard InChI is InChI=1S/C18H20N4O3SSe2/c1-21(17(27)14-9-5-3-6-10-14)19-16(23)13-26(24,25)20-22(2)18(28)15-11-7-4-8-12-15/h3-12,20H,13H2,1-2H3,(H,19,23). The van der Waals surface area contributed by atoms with Crippen LogP contribution in [0.25, 0.3) is 0 Å². The van der Waals surface area contributed by atoms with Gasteiger partial charge in [0.25, 0.3) is 0 Å². The Bertz CT molecular complexity index is 953. The molecule has 0 aliphatic heterocycles.